The summed E-state index contributed by atoms with van der Waals surface area (Å²) in [4.78, 5) is 67.3. The molecule has 9 atom stereocenters. The van der Waals surface area contributed by atoms with E-state index >= 15 is 0 Å². The second-order valence-corrected chi connectivity index (χ2v) is 12.0. The molecule has 1 aromatic rings. The van der Waals surface area contributed by atoms with Crippen LogP contribution in [0.15, 0.2) is 24.5 Å². The van der Waals surface area contributed by atoms with Gasteiger partial charge in [-0.3, -0.25) is 24.2 Å². The topological polar surface area (TPSA) is 194 Å². The van der Waals surface area contributed by atoms with Crippen molar-refractivity contribution in [2.24, 2.45) is 11.3 Å². The zero-order chi connectivity index (χ0) is 32.1. The normalized spacial score (nSPS) is 37.3. The van der Waals surface area contributed by atoms with Crippen LogP contribution in [0.2, 0.25) is 0 Å². The minimum atomic E-state index is -2.48. The summed E-state index contributed by atoms with van der Waals surface area (Å²) in [6, 6.07) is 2.97. The first-order chi connectivity index (χ1) is 19.9. The molecular formula is C29H37NO13. The smallest absolute Gasteiger partial charge is 0.340 e. The molecule has 1 spiro atoms. The van der Waals surface area contributed by atoms with E-state index in [1.165, 1.54) is 31.5 Å². The molecule has 0 radical (unpaired) electrons. The fourth-order valence-corrected chi connectivity index (χ4v) is 7.25. The fourth-order valence-electron chi connectivity index (χ4n) is 7.25. The van der Waals surface area contributed by atoms with Crippen LogP contribution in [-0.4, -0.2) is 99.0 Å². The van der Waals surface area contributed by atoms with Gasteiger partial charge in [-0.1, -0.05) is 0 Å². The summed E-state index contributed by atoms with van der Waals surface area (Å²) < 4.78 is 35.3. The molecule has 43 heavy (non-hydrogen) atoms. The van der Waals surface area contributed by atoms with Crippen molar-refractivity contribution in [2.75, 3.05) is 6.61 Å². The lowest BCUT2D eigenvalue weighted by Crippen LogP contribution is -2.87. The van der Waals surface area contributed by atoms with Crippen LogP contribution < -0.4 is 0 Å². The molecule has 2 aliphatic carbocycles. The molecular weight excluding hydrogens is 570 g/mol. The maximum atomic E-state index is 13.5. The zero-order valence-electron chi connectivity index (χ0n) is 25.0. The number of ether oxygens (including phenoxy) is 6. The van der Waals surface area contributed by atoms with E-state index in [0.717, 1.165) is 27.7 Å². The minimum absolute atomic E-state index is 0.0528. The average Bonchev–Trinajstić information content (AvgIpc) is 3.06. The summed E-state index contributed by atoms with van der Waals surface area (Å²) in [6.07, 6.45) is -5.70. The standard InChI is InChI=1S/C29H37NO13/c1-14(31)38-13-28-20(42-25(36)18-9-8-10-30-12-18)11-19-23(40-16(3)33)29(28,43-26(19,5)6)27(7,37)22(35)21(39-15(2)32)24(28)41-17(4)34/h8-10,12,19-24,35,37H,11,13H2,1-7H3/t19-,20-,21-,22-,23+,24+,27+,28-,29+/m0/s1. The molecule has 236 valence electrons. The number of pyridine rings is 1. The molecule has 3 fully saturated rings. The Morgan fingerprint density at radius 2 is 1.53 bits per heavy atom. The van der Waals surface area contributed by atoms with Gasteiger partial charge in [0.05, 0.1) is 11.2 Å². The van der Waals surface area contributed by atoms with Gasteiger partial charge in [-0.25, -0.2) is 4.79 Å². The fraction of sp³-hybridized carbons (Fsp3) is 0.655. The number of esters is 5. The van der Waals surface area contributed by atoms with Crippen LogP contribution in [-0.2, 0) is 47.6 Å². The van der Waals surface area contributed by atoms with E-state index in [1.54, 1.807) is 13.8 Å². The van der Waals surface area contributed by atoms with E-state index in [0.29, 0.717) is 0 Å². The highest BCUT2D eigenvalue weighted by molar-refractivity contribution is 5.89. The lowest BCUT2D eigenvalue weighted by atomic mass is 9.45. The molecule has 14 heteroatoms. The van der Waals surface area contributed by atoms with E-state index in [9.17, 15) is 34.2 Å². The number of carbonyl (C=O) groups is 5. The quantitative estimate of drug-likeness (QED) is 0.324. The molecule has 3 aliphatic rings. The second kappa shape index (κ2) is 11.1. The van der Waals surface area contributed by atoms with Gasteiger partial charge in [-0.05, 0) is 39.3 Å². The van der Waals surface area contributed by atoms with Gasteiger partial charge in [-0.2, -0.15) is 0 Å². The summed E-state index contributed by atoms with van der Waals surface area (Å²) in [7, 11) is 0. The first-order valence-electron chi connectivity index (χ1n) is 13.8. The van der Waals surface area contributed by atoms with E-state index in [4.69, 9.17) is 28.4 Å². The minimum Gasteiger partial charge on any atom is -0.465 e. The Bertz CT molecular complexity index is 1300. The average molecular weight is 608 g/mol. The highest BCUT2D eigenvalue weighted by Crippen LogP contribution is 2.69. The van der Waals surface area contributed by atoms with Gasteiger partial charge < -0.3 is 38.6 Å². The van der Waals surface area contributed by atoms with Crippen molar-refractivity contribution in [3.05, 3.63) is 30.1 Å². The van der Waals surface area contributed by atoms with Crippen molar-refractivity contribution in [3.63, 3.8) is 0 Å². The maximum Gasteiger partial charge on any atom is 0.340 e. The van der Waals surface area contributed by atoms with Gasteiger partial charge in [0, 0.05) is 46.0 Å². The van der Waals surface area contributed by atoms with Crippen molar-refractivity contribution in [3.8, 4) is 0 Å². The van der Waals surface area contributed by atoms with Gasteiger partial charge in [0.15, 0.2) is 17.8 Å². The number of aliphatic hydroxyl groups is 2. The van der Waals surface area contributed by atoms with Crippen molar-refractivity contribution in [2.45, 2.75) is 102 Å². The van der Waals surface area contributed by atoms with Gasteiger partial charge in [-0.15, -0.1) is 0 Å². The third-order valence-electron chi connectivity index (χ3n) is 8.81. The molecule has 1 aromatic heterocycles. The number of rotatable bonds is 7. The number of aromatic nitrogens is 1. The summed E-state index contributed by atoms with van der Waals surface area (Å²) in [5.41, 5.74) is -8.05. The van der Waals surface area contributed by atoms with Crippen molar-refractivity contribution in [1.82, 2.24) is 4.98 Å². The van der Waals surface area contributed by atoms with Crippen LogP contribution in [0.5, 0.6) is 0 Å². The Labute approximate surface area is 247 Å². The van der Waals surface area contributed by atoms with Gasteiger partial charge >= 0.3 is 29.8 Å². The molecule has 2 N–H and O–H groups in total. The van der Waals surface area contributed by atoms with Crippen molar-refractivity contribution in [1.29, 1.82) is 0 Å². The third kappa shape index (κ3) is 5.04. The number of aliphatic hydroxyl groups excluding tert-OH is 1. The molecule has 2 saturated carbocycles. The third-order valence-corrected chi connectivity index (χ3v) is 8.81. The van der Waals surface area contributed by atoms with E-state index < -0.39 is 95.1 Å². The molecule has 14 nitrogen and oxygen atoms in total. The highest BCUT2D eigenvalue weighted by Gasteiger charge is 2.88. The maximum absolute atomic E-state index is 13.5. The molecule has 4 rings (SSSR count). The van der Waals surface area contributed by atoms with E-state index in [-0.39, 0.29) is 12.0 Å². The molecule has 2 bridgehead atoms. The highest BCUT2D eigenvalue weighted by atomic mass is 16.6. The first kappa shape index (κ1) is 32.3. The monoisotopic (exact) mass is 607 g/mol. The van der Waals surface area contributed by atoms with Crippen molar-refractivity contribution < 1.29 is 62.6 Å². The Balaban J connectivity index is 2.10. The first-order valence-corrected chi connectivity index (χ1v) is 13.8. The molecule has 0 aromatic carbocycles. The lowest BCUT2D eigenvalue weighted by Gasteiger charge is -2.66. The molecule has 1 saturated heterocycles. The zero-order valence-corrected chi connectivity index (χ0v) is 25.0. The predicted molar refractivity (Wildman–Crippen MR) is 142 cm³/mol. The van der Waals surface area contributed by atoms with Crippen LogP contribution >= 0.6 is 0 Å². The molecule has 0 unspecified atom stereocenters. The second-order valence-electron chi connectivity index (χ2n) is 12.0. The Morgan fingerprint density at radius 1 is 0.930 bits per heavy atom. The largest absolute Gasteiger partial charge is 0.465 e. The Morgan fingerprint density at radius 3 is 2.07 bits per heavy atom. The van der Waals surface area contributed by atoms with E-state index in [1.807, 2.05) is 0 Å². The number of hydrogen-bond acceptors (Lipinski definition) is 14. The van der Waals surface area contributed by atoms with Gasteiger partial charge in [0.1, 0.15) is 35.9 Å². The lowest BCUT2D eigenvalue weighted by molar-refractivity contribution is -0.378. The van der Waals surface area contributed by atoms with Crippen LogP contribution in [0.4, 0.5) is 0 Å². The summed E-state index contributed by atoms with van der Waals surface area (Å²) in [5, 5.41) is 24.1. The van der Waals surface area contributed by atoms with Gasteiger partial charge in [0.25, 0.3) is 0 Å². The Hall–Kier alpha value is -3.62. The van der Waals surface area contributed by atoms with Crippen LogP contribution in [0.25, 0.3) is 0 Å². The van der Waals surface area contributed by atoms with Crippen molar-refractivity contribution >= 4 is 29.8 Å². The van der Waals surface area contributed by atoms with Crippen LogP contribution in [0.3, 0.4) is 0 Å². The summed E-state index contributed by atoms with van der Waals surface area (Å²) in [6.45, 7) is 8.11. The molecule has 0 amide bonds. The molecule has 1 aliphatic heterocycles. The summed E-state index contributed by atoms with van der Waals surface area (Å²) >= 11 is 0. The van der Waals surface area contributed by atoms with E-state index in [2.05, 4.69) is 4.98 Å². The SMILES string of the molecule is CC(=O)OC[C@@]12[C@@H](OC(=O)c3cccnc3)C[C@H]3[C@@H](OC(C)=O)[C@@]1(OC3(C)C)[C@](C)(O)[C@@H](O)[C@H](OC(C)=O)[C@H]2OC(C)=O. The number of carbonyl (C=O) groups excluding carboxylic acids is 5. The molecule has 2 heterocycles. The number of hydrogen-bond donors (Lipinski definition) is 2. The predicted octanol–water partition coefficient (Wildman–Crippen LogP) is 0.645. The summed E-state index contributed by atoms with van der Waals surface area (Å²) in [5.74, 6) is -5.02. The number of fused-ring (bicyclic) bond motifs is 1. The van der Waals surface area contributed by atoms with Crippen LogP contribution in [0.1, 0.15) is 65.2 Å². The Kier molecular flexibility index (Phi) is 8.37. The van der Waals surface area contributed by atoms with Crippen LogP contribution in [0, 0.1) is 11.3 Å². The number of nitrogens with zero attached hydrogens (tertiary/aromatic N) is 1. The van der Waals surface area contributed by atoms with Gasteiger partial charge in [0.2, 0.25) is 0 Å².